The lowest BCUT2D eigenvalue weighted by Gasteiger charge is -2.53. The molecule has 1 aliphatic rings. The van der Waals surface area contributed by atoms with Crippen LogP contribution in [0.5, 0.6) is 0 Å². The highest BCUT2D eigenvalue weighted by molar-refractivity contribution is 5.92. The van der Waals surface area contributed by atoms with Crippen LogP contribution in [0.2, 0.25) is 0 Å². The minimum absolute atomic E-state index is 0.479. The zero-order valence-electron chi connectivity index (χ0n) is 10.1. The van der Waals surface area contributed by atoms with Crippen LogP contribution in [0.25, 0.3) is 0 Å². The van der Waals surface area contributed by atoms with Crippen molar-refractivity contribution in [3.05, 3.63) is 35.9 Å². The van der Waals surface area contributed by atoms with Crippen LogP contribution in [0.4, 0.5) is 8.78 Å². The van der Waals surface area contributed by atoms with Crippen molar-refractivity contribution in [1.29, 1.82) is 0 Å². The fourth-order valence-corrected chi connectivity index (χ4v) is 2.18. The number of hydrogen-bond donors (Lipinski definition) is 0. The second-order valence-corrected chi connectivity index (χ2v) is 5.28. The average Bonchev–Trinajstić information content (AvgIpc) is 2.24. The van der Waals surface area contributed by atoms with Crippen LogP contribution in [0.15, 0.2) is 30.3 Å². The van der Waals surface area contributed by atoms with Crippen molar-refractivity contribution in [2.75, 3.05) is 0 Å². The van der Waals surface area contributed by atoms with Crippen LogP contribution in [0.3, 0.4) is 0 Å². The van der Waals surface area contributed by atoms with Gasteiger partial charge in [-0.05, 0) is 26.3 Å². The number of nitrogens with zero attached hydrogens (tertiary/aromatic N) is 1. The van der Waals surface area contributed by atoms with Gasteiger partial charge in [-0.25, -0.2) is 0 Å². The molecule has 2 nitrogen and oxygen atoms in total. The van der Waals surface area contributed by atoms with Gasteiger partial charge in [-0.1, -0.05) is 30.3 Å². The number of benzene rings is 1. The van der Waals surface area contributed by atoms with E-state index >= 15 is 0 Å². The summed E-state index contributed by atoms with van der Waals surface area (Å²) in [6.45, 7) is 5.28. The molecular weight excluding hydrogens is 224 g/mol. The summed E-state index contributed by atoms with van der Waals surface area (Å²) in [5, 5.41) is 0. The van der Waals surface area contributed by atoms with E-state index in [-0.39, 0.29) is 0 Å². The third kappa shape index (κ3) is 1.72. The number of hydrogen-bond acceptors (Lipinski definition) is 1. The van der Waals surface area contributed by atoms with E-state index in [0.717, 1.165) is 0 Å². The molecule has 0 N–H and O–H groups in total. The van der Waals surface area contributed by atoms with Gasteiger partial charge in [-0.15, -0.1) is 0 Å². The summed E-state index contributed by atoms with van der Waals surface area (Å²) in [6.07, 6.45) is 0. The zero-order valence-corrected chi connectivity index (χ0v) is 10.1. The fourth-order valence-electron chi connectivity index (χ4n) is 2.18. The van der Waals surface area contributed by atoms with Crippen molar-refractivity contribution >= 4 is 5.91 Å². The van der Waals surface area contributed by atoms with Gasteiger partial charge in [-0.2, -0.15) is 8.78 Å². The van der Waals surface area contributed by atoms with Crippen molar-refractivity contribution in [3.63, 3.8) is 0 Å². The molecule has 1 fully saturated rings. The summed E-state index contributed by atoms with van der Waals surface area (Å²) in [6, 6.07) is 7.29. The molecule has 0 radical (unpaired) electrons. The van der Waals surface area contributed by atoms with Crippen LogP contribution in [-0.4, -0.2) is 22.3 Å². The number of alkyl halides is 2. The Morgan fingerprint density at radius 1 is 1.18 bits per heavy atom. The third-order valence-electron chi connectivity index (χ3n) is 2.94. The maximum absolute atomic E-state index is 13.7. The maximum Gasteiger partial charge on any atom is 0.348 e. The molecule has 92 valence electrons. The summed E-state index contributed by atoms with van der Waals surface area (Å²) in [5.74, 6) is -4.37. The quantitative estimate of drug-likeness (QED) is 0.690. The van der Waals surface area contributed by atoms with E-state index in [1.807, 2.05) is 0 Å². The Bertz CT molecular complexity index is 436. The van der Waals surface area contributed by atoms with Crippen molar-refractivity contribution in [2.45, 2.75) is 38.3 Å². The molecule has 1 heterocycles. The molecule has 0 aliphatic carbocycles. The molecule has 1 atom stereocenters. The highest BCUT2D eigenvalue weighted by Crippen LogP contribution is 2.50. The Balaban J connectivity index is 2.41. The molecule has 0 bridgehead atoms. The number of carbonyl (C=O) groups is 1. The standard InChI is InChI=1S/C13H15F2NO/c1-12(2,3)16-10(13(14,15)11(16)17)9-7-5-4-6-8-9/h4-8,10H,1-3H3. The molecule has 1 aromatic rings. The number of rotatable bonds is 1. The first kappa shape index (κ1) is 12.0. The van der Waals surface area contributed by atoms with Crippen LogP contribution in [0, 0.1) is 0 Å². The highest BCUT2D eigenvalue weighted by Gasteiger charge is 2.66. The molecule has 1 amide bonds. The first-order chi connectivity index (χ1) is 7.76. The number of carbonyl (C=O) groups excluding carboxylic acids is 1. The SMILES string of the molecule is CC(C)(C)N1C(=O)C(F)(F)C1c1ccccc1. The van der Waals surface area contributed by atoms with E-state index in [1.54, 1.807) is 51.1 Å². The number of amides is 1. The molecule has 1 aromatic carbocycles. The first-order valence-corrected chi connectivity index (χ1v) is 5.53. The molecule has 17 heavy (non-hydrogen) atoms. The molecule has 4 heteroatoms. The molecular formula is C13H15F2NO. The van der Waals surface area contributed by atoms with Crippen LogP contribution >= 0.6 is 0 Å². The third-order valence-corrected chi connectivity index (χ3v) is 2.94. The molecule has 2 rings (SSSR count). The highest BCUT2D eigenvalue weighted by atomic mass is 19.3. The van der Waals surface area contributed by atoms with Crippen LogP contribution in [0.1, 0.15) is 32.4 Å². The molecule has 0 spiro atoms. The van der Waals surface area contributed by atoms with E-state index in [4.69, 9.17) is 0 Å². The van der Waals surface area contributed by atoms with Gasteiger partial charge >= 0.3 is 5.92 Å². The van der Waals surface area contributed by atoms with Crippen LogP contribution < -0.4 is 0 Å². The van der Waals surface area contributed by atoms with E-state index in [9.17, 15) is 13.6 Å². The van der Waals surface area contributed by atoms with Crippen molar-refractivity contribution in [3.8, 4) is 0 Å². The molecule has 1 aliphatic heterocycles. The van der Waals surface area contributed by atoms with Gasteiger partial charge in [-0.3, -0.25) is 4.79 Å². The van der Waals surface area contributed by atoms with E-state index in [0.29, 0.717) is 5.56 Å². The normalized spacial score (nSPS) is 23.5. The summed E-state index contributed by atoms with van der Waals surface area (Å²) in [4.78, 5) is 12.7. The number of β-lactam (4-membered cyclic amide) rings is 1. The second kappa shape index (κ2) is 3.52. The lowest BCUT2D eigenvalue weighted by molar-refractivity contribution is -0.218. The molecule has 0 saturated carbocycles. The van der Waals surface area contributed by atoms with Gasteiger partial charge < -0.3 is 4.90 Å². The fraction of sp³-hybridized carbons (Fsp3) is 0.462. The minimum atomic E-state index is -3.28. The summed E-state index contributed by atoms with van der Waals surface area (Å²) in [7, 11) is 0. The lowest BCUT2D eigenvalue weighted by atomic mass is 9.84. The van der Waals surface area contributed by atoms with Gasteiger partial charge in [0.2, 0.25) is 0 Å². The average molecular weight is 239 g/mol. The minimum Gasteiger partial charge on any atom is -0.319 e. The van der Waals surface area contributed by atoms with Crippen molar-refractivity contribution in [2.24, 2.45) is 0 Å². The van der Waals surface area contributed by atoms with Crippen LogP contribution in [-0.2, 0) is 4.79 Å². The van der Waals surface area contributed by atoms with Gasteiger partial charge in [0.1, 0.15) is 6.04 Å². The predicted molar refractivity (Wildman–Crippen MR) is 60.7 cm³/mol. The Morgan fingerprint density at radius 3 is 2.18 bits per heavy atom. The smallest absolute Gasteiger partial charge is 0.319 e. The zero-order chi connectivity index (χ0) is 12.8. The summed E-state index contributed by atoms with van der Waals surface area (Å²) < 4.78 is 27.3. The van der Waals surface area contributed by atoms with Gasteiger partial charge in [0.05, 0.1) is 0 Å². The van der Waals surface area contributed by atoms with Gasteiger partial charge in [0.25, 0.3) is 5.91 Å². The largest absolute Gasteiger partial charge is 0.348 e. The van der Waals surface area contributed by atoms with Gasteiger partial charge in [0.15, 0.2) is 0 Å². The Hall–Kier alpha value is -1.45. The van der Waals surface area contributed by atoms with E-state index < -0.39 is 23.4 Å². The summed E-state index contributed by atoms with van der Waals surface area (Å²) >= 11 is 0. The molecule has 1 unspecified atom stereocenters. The Kier molecular flexibility index (Phi) is 2.49. The Labute approximate surface area is 99.2 Å². The monoisotopic (exact) mass is 239 g/mol. The second-order valence-electron chi connectivity index (χ2n) is 5.28. The lowest BCUT2D eigenvalue weighted by Crippen LogP contribution is -2.69. The molecule has 0 aromatic heterocycles. The summed E-state index contributed by atoms with van der Waals surface area (Å²) in [5.41, 5.74) is -0.119. The Morgan fingerprint density at radius 2 is 1.71 bits per heavy atom. The van der Waals surface area contributed by atoms with E-state index in [1.165, 1.54) is 4.90 Å². The molecule has 1 saturated heterocycles. The van der Waals surface area contributed by atoms with E-state index in [2.05, 4.69) is 0 Å². The van der Waals surface area contributed by atoms with Gasteiger partial charge in [0, 0.05) is 5.54 Å². The topological polar surface area (TPSA) is 20.3 Å². The van der Waals surface area contributed by atoms with Crippen molar-refractivity contribution in [1.82, 2.24) is 4.90 Å². The predicted octanol–water partition coefficient (Wildman–Crippen LogP) is 3.00. The maximum atomic E-state index is 13.7. The number of likely N-dealkylation sites (tertiary alicyclic amines) is 1. The number of halogens is 2. The first-order valence-electron chi connectivity index (χ1n) is 5.53. The van der Waals surface area contributed by atoms with Crippen molar-refractivity contribution < 1.29 is 13.6 Å².